The maximum absolute atomic E-state index is 13.6. The molecular weight excluding hydrogens is 419 g/mol. The quantitative estimate of drug-likeness (QED) is 0.751. The number of benzene rings is 2. The molecule has 0 aromatic heterocycles. The third kappa shape index (κ3) is 4.88. The van der Waals surface area contributed by atoms with Gasteiger partial charge in [0.2, 0.25) is 10.0 Å². The molecule has 0 aliphatic carbocycles. The topological polar surface area (TPSA) is 75.7 Å². The molecule has 1 aliphatic heterocycles. The third-order valence-electron chi connectivity index (χ3n) is 4.80. The largest absolute Gasteiger partial charge is 0.496 e. The molecule has 0 radical (unpaired) electrons. The lowest BCUT2D eigenvalue weighted by molar-refractivity contribution is 0.102. The fraction of sp³-hybridized carbons (Fsp3) is 0.350. The molecule has 1 fully saturated rings. The van der Waals surface area contributed by atoms with Crippen molar-refractivity contribution >= 4 is 33.2 Å². The van der Waals surface area contributed by atoms with Crippen LogP contribution in [0.1, 0.15) is 36.0 Å². The fourth-order valence-electron chi connectivity index (χ4n) is 3.23. The minimum Gasteiger partial charge on any atom is -0.496 e. The molecule has 29 heavy (non-hydrogen) atoms. The van der Waals surface area contributed by atoms with E-state index in [0.29, 0.717) is 13.1 Å². The highest BCUT2D eigenvalue weighted by atomic mass is 35.5. The number of hydrogen-bond donors (Lipinski definition) is 1. The van der Waals surface area contributed by atoms with Gasteiger partial charge in [-0.2, -0.15) is 4.31 Å². The summed E-state index contributed by atoms with van der Waals surface area (Å²) >= 11 is 5.66. The van der Waals surface area contributed by atoms with Gasteiger partial charge >= 0.3 is 0 Å². The van der Waals surface area contributed by atoms with Gasteiger partial charge in [-0.05, 0) is 49.2 Å². The lowest BCUT2D eigenvalue weighted by atomic mass is 10.2. The predicted molar refractivity (Wildman–Crippen MR) is 110 cm³/mol. The van der Waals surface area contributed by atoms with E-state index in [1.807, 2.05) is 0 Å². The first-order valence-corrected chi connectivity index (χ1v) is 11.1. The van der Waals surface area contributed by atoms with Crippen molar-refractivity contribution in [2.24, 2.45) is 0 Å². The zero-order chi connectivity index (χ0) is 21.0. The average Bonchev–Trinajstić information content (AvgIpc) is 3.00. The fourth-order valence-corrected chi connectivity index (χ4v) is 4.89. The SMILES string of the molecule is COc1ccc(S(=O)(=O)N2CCCCCC2)cc1C(=O)Nc1ccc(Cl)c(F)c1. The smallest absolute Gasteiger partial charge is 0.259 e. The monoisotopic (exact) mass is 440 g/mol. The standard InChI is InChI=1S/C20H22ClFN2O4S/c1-28-19-9-7-15(29(26,27)24-10-4-2-3-5-11-24)13-16(19)20(25)23-14-6-8-17(21)18(22)12-14/h6-9,12-13H,2-5,10-11H2,1H3,(H,23,25). The van der Waals surface area contributed by atoms with Crippen LogP contribution in [-0.4, -0.2) is 38.8 Å². The minimum atomic E-state index is -3.73. The normalized spacial score (nSPS) is 15.6. The van der Waals surface area contributed by atoms with E-state index < -0.39 is 21.7 Å². The highest BCUT2D eigenvalue weighted by Gasteiger charge is 2.27. The molecule has 3 rings (SSSR count). The maximum atomic E-state index is 13.6. The molecule has 1 amide bonds. The summed E-state index contributed by atoms with van der Waals surface area (Å²) in [4.78, 5) is 12.8. The Morgan fingerprint density at radius 1 is 1.10 bits per heavy atom. The maximum Gasteiger partial charge on any atom is 0.259 e. The van der Waals surface area contributed by atoms with E-state index in [-0.39, 0.29) is 26.9 Å². The van der Waals surface area contributed by atoms with Gasteiger partial charge in [-0.1, -0.05) is 24.4 Å². The van der Waals surface area contributed by atoms with Crippen molar-refractivity contribution in [3.05, 3.63) is 52.8 Å². The van der Waals surface area contributed by atoms with E-state index in [2.05, 4.69) is 5.32 Å². The van der Waals surface area contributed by atoms with Crippen LogP contribution in [0.2, 0.25) is 5.02 Å². The second-order valence-corrected chi connectivity index (χ2v) is 9.11. The molecular formula is C20H22ClFN2O4S. The number of nitrogens with zero attached hydrogens (tertiary/aromatic N) is 1. The van der Waals surface area contributed by atoms with Gasteiger partial charge in [0.15, 0.2) is 0 Å². The van der Waals surface area contributed by atoms with E-state index in [9.17, 15) is 17.6 Å². The minimum absolute atomic E-state index is 0.0210. The van der Waals surface area contributed by atoms with Crippen LogP contribution in [0.25, 0.3) is 0 Å². The molecule has 0 spiro atoms. The van der Waals surface area contributed by atoms with Crippen molar-refractivity contribution in [3.8, 4) is 5.75 Å². The van der Waals surface area contributed by atoms with Crippen LogP contribution < -0.4 is 10.1 Å². The van der Waals surface area contributed by atoms with Gasteiger partial charge < -0.3 is 10.1 Å². The first-order valence-electron chi connectivity index (χ1n) is 9.27. The second-order valence-electron chi connectivity index (χ2n) is 6.76. The number of methoxy groups -OCH3 is 1. The molecule has 0 saturated carbocycles. The number of sulfonamides is 1. The van der Waals surface area contributed by atoms with Gasteiger partial charge in [0.1, 0.15) is 11.6 Å². The van der Waals surface area contributed by atoms with Gasteiger partial charge in [-0.15, -0.1) is 0 Å². The molecule has 6 nitrogen and oxygen atoms in total. The molecule has 0 atom stereocenters. The van der Waals surface area contributed by atoms with E-state index in [1.165, 1.54) is 41.7 Å². The molecule has 1 aliphatic rings. The Hall–Kier alpha value is -2.16. The van der Waals surface area contributed by atoms with E-state index in [4.69, 9.17) is 16.3 Å². The molecule has 0 unspecified atom stereocenters. The molecule has 1 heterocycles. The third-order valence-corrected chi connectivity index (χ3v) is 7.00. The summed E-state index contributed by atoms with van der Waals surface area (Å²) in [5.74, 6) is -1.07. The van der Waals surface area contributed by atoms with Gasteiger partial charge in [0.25, 0.3) is 5.91 Å². The Labute approximate surface area is 174 Å². The lowest BCUT2D eigenvalue weighted by Gasteiger charge is -2.20. The zero-order valence-electron chi connectivity index (χ0n) is 16.0. The van der Waals surface area contributed by atoms with Crippen LogP contribution in [0.4, 0.5) is 10.1 Å². The number of halogens is 2. The molecule has 9 heteroatoms. The number of nitrogens with one attached hydrogen (secondary N) is 1. The number of rotatable bonds is 5. The molecule has 1 saturated heterocycles. The molecule has 2 aromatic carbocycles. The van der Waals surface area contributed by atoms with E-state index in [1.54, 1.807) is 0 Å². The van der Waals surface area contributed by atoms with Crippen LogP contribution in [0.15, 0.2) is 41.3 Å². The Kier molecular flexibility index (Phi) is 6.77. The Morgan fingerprint density at radius 3 is 2.41 bits per heavy atom. The summed E-state index contributed by atoms with van der Waals surface area (Å²) in [6, 6.07) is 8.03. The zero-order valence-corrected chi connectivity index (χ0v) is 17.5. The summed E-state index contributed by atoms with van der Waals surface area (Å²) in [7, 11) is -2.35. The first kappa shape index (κ1) is 21.5. The summed E-state index contributed by atoms with van der Waals surface area (Å²) in [5.41, 5.74) is 0.235. The molecule has 2 aromatic rings. The predicted octanol–water partition coefficient (Wildman–Crippen LogP) is 4.30. The summed E-state index contributed by atoms with van der Waals surface area (Å²) < 4.78 is 46.4. The second kappa shape index (κ2) is 9.11. The van der Waals surface area contributed by atoms with Crippen LogP contribution in [0.5, 0.6) is 5.75 Å². The van der Waals surface area contributed by atoms with Gasteiger partial charge in [0, 0.05) is 18.8 Å². The van der Waals surface area contributed by atoms with Crippen LogP contribution >= 0.6 is 11.6 Å². The van der Waals surface area contributed by atoms with Crippen molar-refractivity contribution in [1.82, 2.24) is 4.31 Å². The highest BCUT2D eigenvalue weighted by molar-refractivity contribution is 7.89. The van der Waals surface area contributed by atoms with E-state index >= 15 is 0 Å². The average molecular weight is 441 g/mol. The highest BCUT2D eigenvalue weighted by Crippen LogP contribution is 2.27. The Balaban J connectivity index is 1.91. The number of amides is 1. The van der Waals surface area contributed by atoms with Crippen molar-refractivity contribution in [3.63, 3.8) is 0 Å². The van der Waals surface area contributed by atoms with E-state index in [0.717, 1.165) is 31.7 Å². The van der Waals surface area contributed by atoms with Crippen molar-refractivity contribution in [1.29, 1.82) is 0 Å². The van der Waals surface area contributed by atoms with Gasteiger partial charge in [0.05, 0.1) is 22.6 Å². The van der Waals surface area contributed by atoms with Crippen molar-refractivity contribution in [2.45, 2.75) is 30.6 Å². The van der Waals surface area contributed by atoms with Crippen LogP contribution in [0, 0.1) is 5.82 Å². The number of carbonyl (C=O) groups is 1. The van der Waals surface area contributed by atoms with Gasteiger partial charge in [-0.3, -0.25) is 4.79 Å². The summed E-state index contributed by atoms with van der Waals surface area (Å²) in [6.07, 6.45) is 3.62. The van der Waals surface area contributed by atoms with Crippen LogP contribution in [-0.2, 0) is 10.0 Å². The molecule has 1 N–H and O–H groups in total. The van der Waals surface area contributed by atoms with Crippen molar-refractivity contribution in [2.75, 3.05) is 25.5 Å². The van der Waals surface area contributed by atoms with Crippen LogP contribution in [0.3, 0.4) is 0 Å². The summed E-state index contributed by atoms with van der Waals surface area (Å²) in [6.45, 7) is 0.917. The first-order chi connectivity index (χ1) is 13.8. The number of ether oxygens (including phenoxy) is 1. The lowest BCUT2D eigenvalue weighted by Crippen LogP contribution is -2.32. The van der Waals surface area contributed by atoms with Crippen molar-refractivity contribution < 1.29 is 22.3 Å². The molecule has 0 bridgehead atoms. The number of hydrogen-bond acceptors (Lipinski definition) is 4. The molecule has 156 valence electrons. The van der Waals surface area contributed by atoms with Gasteiger partial charge in [-0.25, -0.2) is 12.8 Å². The number of carbonyl (C=O) groups excluding carboxylic acids is 1. The number of anilines is 1. The Morgan fingerprint density at radius 2 is 1.79 bits per heavy atom. The Bertz CT molecular complexity index is 1010. The summed E-state index contributed by atoms with van der Waals surface area (Å²) in [5, 5.41) is 2.48.